The van der Waals surface area contributed by atoms with Crippen LogP contribution in [-0.2, 0) is 10.2 Å². The molecule has 2 aliphatic rings. The predicted molar refractivity (Wildman–Crippen MR) is 147 cm³/mol. The Morgan fingerprint density at radius 2 is 1.67 bits per heavy atom. The van der Waals surface area contributed by atoms with Crippen molar-refractivity contribution in [1.29, 1.82) is 0 Å². The van der Waals surface area contributed by atoms with E-state index in [1.165, 1.54) is 5.69 Å². The van der Waals surface area contributed by atoms with Gasteiger partial charge in [0.05, 0.1) is 21.8 Å². The first kappa shape index (κ1) is 24.8. The smallest absolute Gasteiger partial charge is 0.234 e. The normalized spacial score (nSPS) is 20.2. The van der Waals surface area contributed by atoms with Crippen LogP contribution in [0, 0.1) is 5.92 Å². The number of anilines is 1. The van der Waals surface area contributed by atoms with E-state index in [2.05, 4.69) is 37.8 Å². The minimum Gasteiger partial charge on any atom is -0.368 e. The van der Waals surface area contributed by atoms with E-state index in [0.29, 0.717) is 23.1 Å². The van der Waals surface area contributed by atoms with E-state index in [9.17, 15) is 4.79 Å². The van der Waals surface area contributed by atoms with E-state index in [1.807, 2.05) is 52.9 Å². The van der Waals surface area contributed by atoms with Gasteiger partial charge in [-0.15, -0.1) is 0 Å². The Morgan fingerprint density at radius 1 is 0.972 bits per heavy atom. The Labute approximate surface area is 222 Å². The van der Waals surface area contributed by atoms with Crippen LogP contribution in [0.15, 0.2) is 59.6 Å². The number of aromatic nitrogens is 2. The fourth-order valence-electron chi connectivity index (χ4n) is 5.05. The molecular weight excluding hydrogens is 493 g/mol. The van der Waals surface area contributed by atoms with Crippen LogP contribution in [-0.4, -0.2) is 52.5 Å². The Kier molecular flexibility index (Phi) is 6.60. The number of piperazine rings is 1. The van der Waals surface area contributed by atoms with Gasteiger partial charge in [-0.25, -0.2) is 9.67 Å². The van der Waals surface area contributed by atoms with Gasteiger partial charge in [0.2, 0.25) is 5.91 Å². The summed E-state index contributed by atoms with van der Waals surface area (Å²) >= 11 is 13.2. The number of para-hydroxylation sites is 1. The summed E-state index contributed by atoms with van der Waals surface area (Å²) in [5, 5.41) is 5.85. The molecule has 1 saturated heterocycles. The van der Waals surface area contributed by atoms with Gasteiger partial charge in [-0.1, -0.05) is 74.3 Å². The molecule has 1 aromatic heterocycles. The number of nitrogens with zero attached hydrogens (tertiary/aromatic N) is 5. The van der Waals surface area contributed by atoms with Crippen LogP contribution < -0.4 is 4.90 Å². The van der Waals surface area contributed by atoms with Crippen molar-refractivity contribution in [3.63, 3.8) is 0 Å². The van der Waals surface area contributed by atoms with Gasteiger partial charge in [0, 0.05) is 49.1 Å². The van der Waals surface area contributed by atoms with Crippen molar-refractivity contribution in [3.8, 4) is 0 Å². The summed E-state index contributed by atoms with van der Waals surface area (Å²) in [6.07, 6.45) is 0. The maximum Gasteiger partial charge on any atom is 0.234 e. The van der Waals surface area contributed by atoms with Crippen molar-refractivity contribution in [3.05, 3.63) is 75.9 Å². The lowest BCUT2D eigenvalue weighted by Gasteiger charge is -2.40. The lowest BCUT2D eigenvalue weighted by molar-refractivity contribution is -0.134. The van der Waals surface area contributed by atoms with E-state index in [0.717, 1.165) is 35.9 Å². The Balaban J connectivity index is 1.50. The zero-order valence-electron chi connectivity index (χ0n) is 21.1. The number of benzene rings is 2. The zero-order valence-corrected chi connectivity index (χ0v) is 22.6. The average molecular weight is 524 g/mol. The number of halogens is 2. The standard InChI is InChI=1S/C28H31Cl2N5O/c1-18-24(27(36)34-15-13-33(14-16-34)19-9-6-5-7-10-19)26(20-11-8-12-21(29)25(20)30)35-23(31-18)17-22(32-35)28(2,3)4/h5-12,17,24,26H,13-16H2,1-4H3. The Bertz CT molecular complexity index is 1300. The molecule has 0 radical (unpaired) electrons. The zero-order chi connectivity index (χ0) is 25.6. The number of carbonyl (C=O) groups excluding carboxylic acids is 1. The van der Waals surface area contributed by atoms with Gasteiger partial charge in [-0.2, -0.15) is 5.10 Å². The van der Waals surface area contributed by atoms with Crippen LogP contribution in [0.25, 0.3) is 0 Å². The topological polar surface area (TPSA) is 53.7 Å². The van der Waals surface area contributed by atoms with E-state index in [4.69, 9.17) is 33.3 Å². The number of carbonyl (C=O) groups is 1. The summed E-state index contributed by atoms with van der Waals surface area (Å²) in [7, 11) is 0. The Morgan fingerprint density at radius 3 is 2.33 bits per heavy atom. The average Bonchev–Trinajstić information content (AvgIpc) is 3.30. The van der Waals surface area contributed by atoms with Crippen molar-refractivity contribution in [1.82, 2.24) is 14.7 Å². The molecule has 36 heavy (non-hydrogen) atoms. The molecule has 188 valence electrons. The molecule has 1 fully saturated rings. The molecule has 3 aromatic rings. The molecule has 1 amide bonds. The lowest BCUT2D eigenvalue weighted by Crippen LogP contribution is -2.53. The first-order chi connectivity index (χ1) is 17.1. The number of amides is 1. The fourth-order valence-corrected chi connectivity index (χ4v) is 5.47. The summed E-state index contributed by atoms with van der Waals surface area (Å²) in [6.45, 7) is 11.1. The minimum atomic E-state index is -0.524. The number of hydrogen-bond acceptors (Lipinski definition) is 4. The first-order valence-electron chi connectivity index (χ1n) is 12.3. The van der Waals surface area contributed by atoms with Crippen molar-refractivity contribution in [2.24, 2.45) is 10.9 Å². The second kappa shape index (κ2) is 9.56. The van der Waals surface area contributed by atoms with E-state index in [-0.39, 0.29) is 11.3 Å². The monoisotopic (exact) mass is 523 g/mol. The van der Waals surface area contributed by atoms with Gasteiger partial charge < -0.3 is 9.80 Å². The molecule has 5 rings (SSSR count). The van der Waals surface area contributed by atoms with Gasteiger partial charge in [0.1, 0.15) is 5.92 Å². The van der Waals surface area contributed by atoms with Gasteiger partial charge in [-0.05, 0) is 30.7 Å². The molecule has 2 unspecified atom stereocenters. The highest BCUT2D eigenvalue weighted by Crippen LogP contribution is 2.43. The molecule has 0 spiro atoms. The fraction of sp³-hybridized carbons (Fsp3) is 0.393. The van der Waals surface area contributed by atoms with Gasteiger partial charge in [0.25, 0.3) is 0 Å². The van der Waals surface area contributed by atoms with Crippen LogP contribution in [0.2, 0.25) is 10.0 Å². The van der Waals surface area contributed by atoms with Crippen molar-refractivity contribution >= 4 is 46.3 Å². The summed E-state index contributed by atoms with van der Waals surface area (Å²) in [5.41, 5.74) is 3.48. The third kappa shape index (κ3) is 4.53. The van der Waals surface area contributed by atoms with Crippen LogP contribution in [0.5, 0.6) is 0 Å². The van der Waals surface area contributed by atoms with E-state index in [1.54, 1.807) is 6.07 Å². The quantitative estimate of drug-likeness (QED) is 0.413. The number of aliphatic imine (C=N–C) groups is 1. The highest BCUT2D eigenvalue weighted by atomic mass is 35.5. The number of rotatable bonds is 3. The summed E-state index contributed by atoms with van der Waals surface area (Å²) in [5.74, 6) is 0.254. The Hall–Kier alpha value is -2.83. The minimum absolute atomic E-state index is 0.0449. The molecule has 0 aliphatic carbocycles. The van der Waals surface area contributed by atoms with Crippen molar-refractivity contribution < 1.29 is 4.79 Å². The van der Waals surface area contributed by atoms with E-state index >= 15 is 0 Å². The third-order valence-corrected chi connectivity index (χ3v) is 7.92. The maximum atomic E-state index is 14.1. The van der Waals surface area contributed by atoms with Crippen molar-refractivity contribution in [2.45, 2.75) is 39.2 Å². The first-order valence-corrected chi connectivity index (χ1v) is 13.1. The molecule has 0 N–H and O–H groups in total. The molecule has 0 bridgehead atoms. The molecule has 2 aromatic carbocycles. The third-order valence-electron chi connectivity index (χ3n) is 7.08. The molecule has 3 heterocycles. The predicted octanol–water partition coefficient (Wildman–Crippen LogP) is 6.15. The molecule has 0 saturated carbocycles. The summed E-state index contributed by atoms with van der Waals surface area (Å²) in [4.78, 5) is 23.2. The van der Waals surface area contributed by atoms with Crippen LogP contribution in [0.3, 0.4) is 0 Å². The molecule has 2 atom stereocenters. The second-order valence-electron chi connectivity index (χ2n) is 10.5. The van der Waals surface area contributed by atoms with Crippen LogP contribution in [0.1, 0.15) is 45.0 Å². The SMILES string of the molecule is CC1=Nc2cc(C(C)(C)C)nn2C(c2cccc(Cl)c2Cl)C1C(=O)N1CCN(c2ccccc2)CC1. The molecule has 8 heteroatoms. The lowest BCUT2D eigenvalue weighted by atomic mass is 9.86. The van der Waals surface area contributed by atoms with Gasteiger partial charge in [-0.3, -0.25) is 4.79 Å². The molecule has 2 aliphatic heterocycles. The molecular formula is C28H31Cl2N5O. The number of fused-ring (bicyclic) bond motifs is 1. The molecule has 6 nitrogen and oxygen atoms in total. The van der Waals surface area contributed by atoms with Crippen molar-refractivity contribution in [2.75, 3.05) is 31.1 Å². The van der Waals surface area contributed by atoms with Crippen LogP contribution in [0.4, 0.5) is 11.5 Å². The summed E-state index contributed by atoms with van der Waals surface area (Å²) < 4.78 is 1.87. The van der Waals surface area contributed by atoms with Gasteiger partial charge >= 0.3 is 0 Å². The van der Waals surface area contributed by atoms with Gasteiger partial charge in [0.15, 0.2) is 5.82 Å². The summed E-state index contributed by atoms with van der Waals surface area (Å²) in [6, 6.07) is 17.5. The maximum absolute atomic E-state index is 14.1. The van der Waals surface area contributed by atoms with Crippen LogP contribution >= 0.6 is 23.2 Å². The highest BCUT2D eigenvalue weighted by molar-refractivity contribution is 6.42. The highest BCUT2D eigenvalue weighted by Gasteiger charge is 2.42. The van der Waals surface area contributed by atoms with E-state index < -0.39 is 12.0 Å². The number of hydrogen-bond donors (Lipinski definition) is 0. The second-order valence-corrected chi connectivity index (χ2v) is 11.3. The largest absolute Gasteiger partial charge is 0.368 e.